The van der Waals surface area contributed by atoms with Crippen LogP contribution in [0.3, 0.4) is 0 Å². The van der Waals surface area contributed by atoms with Crippen LogP contribution in [-0.4, -0.2) is 37.7 Å². The molecule has 0 radical (unpaired) electrons. The summed E-state index contributed by atoms with van der Waals surface area (Å²) >= 11 is 0. The molecule has 32 heavy (non-hydrogen) atoms. The molecule has 162 valence electrons. The molecule has 5 rings (SSSR count). The van der Waals surface area contributed by atoms with Gasteiger partial charge in [0.25, 0.3) is 5.91 Å². The fourth-order valence-corrected chi connectivity index (χ4v) is 4.41. The number of fused-ring (bicyclic) bond motifs is 1. The number of carbonyl (C=O) groups is 2. The summed E-state index contributed by atoms with van der Waals surface area (Å²) in [5, 5.41) is 4.31. The van der Waals surface area contributed by atoms with Gasteiger partial charge in [0.1, 0.15) is 18.2 Å². The summed E-state index contributed by atoms with van der Waals surface area (Å²) in [7, 11) is 0. The maximum absolute atomic E-state index is 13.3. The first kappa shape index (κ1) is 20.1. The number of aryl methyl sites for hydroxylation is 2. The Balaban J connectivity index is 1.50. The third-order valence-electron chi connectivity index (χ3n) is 5.85. The Labute approximate surface area is 184 Å². The monoisotopic (exact) mass is 431 g/mol. The molecule has 0 bridgehead atoms. The molecule has 3 heterocycles. The first-order valence-corrected chi connectivity index (χ1v) is 10.5. The maximum Gasteiger partial charge on any atom is 0.267 e. The smallest absolute Gasteiger partial charge is 0.267 e. The fourth-order valence-electron chi connectivity index (χ4n) is 4.41. The molecule has 4 aromatic rings. The maximum atomic E-state index is 13.3. The average Bonchev–Trinajstić information content (AvgIpc) is 3.43. The highest BCUT2D eigenvalue weighted by molar-refractivity contribution is 5.96. The van der Waals surface area contributed by atoms with E-state index in [1.807, 2.05) is 48.7 Å². The van der Waals surface area contributed by atoms with E-state index in [4.69, 9.17) is 4.98 Å². The minimum Gasteiger partial charge on any atom is -0.318 e. The van der Waals surface area contributed by atoms with Gasteiger partial charge in [0.15, 0.2) is 0 Å². The average molecular weight is 431 g/mol. The van der Waals surface area contributed by atoms with Crippen molar-refractivity contribution in [3.63, 3.8) is 0 Å². The number of nitrogens with zero attached hydrogens (tertiary/aromatic N) is 5. The van der Waals surface area contributed by atoms with Gasteiger partial charge in [-0.3, -0.25) is 9.59 Å². The molecule has 1 aliphatic rings. The van der Waals surface area contributed by atoms with Crippen molar-refractivity contribution in [2.45, 2.75) is 32.7 Å². The summed E-state index contributed by atoms with van der Waals surface area (Å²) < 4.78 is 16.6. The van der Waals surface area contributed by atoms with Crippen LogP contribution in [0.5, 0.6) is 0 Å². The second kappa shape index (κ2) is 7.71. The topological polar surface area (TPSA) is 73.0 Å². The predicted molar refractivity (Wildman–Crippen MR) is 118 cm³/mol. The van der Waals surface area contributed by atoms with Crippen LogP contribution < -0.4 is 4.90 Å². The fraction of sp³-hybridized carbons (Fsp3) is 0.250. The summed E-state index contributed by atoms with van der Waals surface area (Å²) in [5.41, 5.74) is 3.82. The SMILES string of the molecule is Cc1cc(C)n(C(=O)Cn2c(C3CC(=O)N(c4ccc(F)cc4)C3)nc3ccccc32)n1. The Bertz CT molecular complexity index is 1340. The highest BCUT2D eigenvalue weighted by Gasteiger charge is 2.35. The number of anilines is 1. The summed E-state index contributed by atoms with van der Waals surface area (Å²) in [5.74, 6) is -0.0570. The summed E-state index contributed by atoms with van der Waals surface area (Å²) in [6.07, 6.45) is 0.273. The van der Waals surface area contributed by atoms with Crippen molar-refractivity contribution in [1.82, 2.24) is 19.3 Å². The molecule has 1 amide bonds. The van der Waals surface area contributed by atoms with E-state index in [-0.39, 0.29) is 36.5 Å². The van der Waals surface area contributed by atoms with Crippen molar-refractivity contribution < 1.29 is 14.0 Å². The van der Waals surface area contributed by atoms with Crippen LogP contribution in [0.15, 0.2) is 54.6 Å². The van der Waals surface area contributed by atoms with Crippen molar-refractivity contribution >= 4 is 28.5 Å². The molecule has 1 aliphatic heterocycles. The predicted octanol–water partition coefficient (Wildman–Crippen LogP) is 3.85. The number of amides is 1. The lowest BCUT2D eigenvalue weighted by Crippen LogP contribution is -2.25. The molecule has 0 N–H and O–H groups in total. The Kier molecular flexibility index (Phi) is 4.84. The largest absolute Gasteiger partial charge is 0.318 e. The molecule has 0 aliphatic carbocycles. The zero-order chi connectivity index (χ0) is 22.4. The summed E-state index contributed by atoms with van der Waals surface area (Å²) in [4.78, 5) is 32.3. The number of hydrogen-bond acceptors (Lipinski definition) is 4. The van der Waals surface area contributed by atoms with Crippen molar-refractivity contribution in [2.24, 2.45) is 0 Å². The molecule has 2 aromatic carbocycles. The third-order valence-corrected chi connectivity index (χ3v) is 5.85. The molecule has 0 spiro atoms. The van der Waals surface area contributed by atoms with Gasteiger partial charge < -0.3 is 9.47 Å². The third kappa shape index (κ3) is 3.47. The van der Waals surface area contributed by atoms with Gasteiger partial charge in [0, 0.05) is 30.3 Å². The molecule has 2 aromatic heterocycles. The number of carbonyl (C=O) groups excluding carboxylic acids is 2. The second-order valence-electron chi connectivity index (χ2n) is 8.16. The zero-order valence-corrected chi connectivity index (χ0v) is 17.8. The van der Waals surface area contributed by atoms with Gasteiger partial charge in [-0.25, -0.2) is 14.1 Å². The number of hydrogen-bond donors (Lipinski definition) is 0. The van der Waals surface area contributed by atoms with Crippen molar-refractivity contribution in [3.8, 4) is 0 Å². The first-order valence-electron chi connectivity index (χ1n) is 10.5. The Morgan fingerprint density at radius 3 is 2.59 bits per heavy atom. The van der Waals surface area contributed by atoms with Crippen molar-refractivity contribution in [2.75, 3.05) is 11.4 Å². The lowest BCUT2D eigenvalue weighted by Gasteiger charge is -2.17. The van der Waals surface area contributed by atoms with E-state index in [1.54, 1.807) is 17.0 Å². The van der Waals surface area contributed by atoms with Crippen LogP contribution in [0.1, 0.15) is 34.3 Å². The quantitative estimate of drug-likeness (QED) is 0.492. The van der Waals surface area contributed by atoms with Gasteiger partial charge in [-0.2, -0.15) is 5.10 Å². The lowest BCUT2D eigenvalue weighted by atomic mass is 10.1. The number of imidazole rings is 1. The number of halogens is 1. The molecular formula is C24H22FN5O2. The van der Waals surface area contributed by atoms with E-state index >= 15 is 0 Å². The lowest BCUT2D eigenvalue weighted by molar-refractivity contribution is -0.117. The van der Waals surface area contributed by atoms with E-state index in [9.17, 15) is 14.0 Å². The Morgan fingerprint density at radius 2 is 1.88 bits per heavy atom. The Hall–Kier alpha value is -3.81. The molecule has 1 fully saturated rings. The molecule has 1 atom stereocenters. The van der Waals surface area contributed by atoms with E-state index in [2.05, 4.69) is 5.10 Å². The van der Waals surface area contributed by atoms with Crippen molar-refractivity contribution in [3.05, 3.63) is 77.6 Å². The van der Waals surface area contributed by atoms with Crippen LogP contribution in [0.4, 0.5) is 10.1 Å². The van der Waals surface area contributed by atoms with Gasteiger partial charge in [0.2, 0.25) is 5.91 Å². The molecule has 1 unspecified atom stereocenters. The Morgan fingerprint density at radius 1 is 1.12 bits per heavy atom. The van der Waals surface area contributed by atoms with Gasteiger partial charge in [-0.05, 0) is 56.3 Å². The van der Waals surface area contributed by atoms with E-state index < -0.39 is 0 Å². The minimum absolute atomic E-state index is 0.0508. The summed E-state index contributed by atoms with van der Waals surface area (Å²) in [6, 6.07) is 15.4. The highest BCUT2D eigenvalue weighted by atomic mass is 19.1. The van der Waals surface area contributed by atoms with Gasteiger partial charge in [0.05, 0.1) is 16.7 Å². The number of aromatic nitrogens is 4. The van der Waals surface area contributed by atoms with Crippen molar-refractivity contribution in [1.29, 1.82) is 0 Å². The van der Waals surface area contributed by atoms with Crippen LogP contribution in [0.25, 0.3) is 11.0 Å². The van der Waals surface area contributed by atoms with E-state index in [0.29, 0.717) is 18.1 Å². The van der Waals surface area contributed by atoms with Crippen LogP contribution in [0, 0.1) is 19.7 Å². The van der Waals surface area contributed by atoms with Crippen LogP contribution in [-0.2, 0) is 11.3 Å². The standard InChI is InChI=1S/C24H22FN5O2/c1-15-11-16(2)30(27-15)23(32)14-29-21-6-4-3-5-20(21)26-24(29)17-12-22(31)28(13-17)19-9-7-18(25)8-10-19/h3-11,17H,12-14H2,1-2H3. The minimum atomic E-state index is -0.346. The normalized spacial score (nSPS) is 16.3. The van der Waals surface area contributed by atoms with Gasteiger partial charge in [-0.15, -0.1) is 0 Å². The van der Waals surface area contributed by atoms with Crippen LogP contribution >= 0.6 is 0 Å². The highest BCUT2D eigenvalue weighted by Crippen LogP contribution is 2.33. The van der Waals surface area contributed by atoms with Crippen LogP contribution in [0.2, 0.25) is 0 Å². The van der Waals surface area contributed by atoms with E-state index in [0.717, 1.165) is 22.4 Å². The van der Waals surface area contributed by atoms with Gasteiger partial charge >= 0.3 is 0 Å². The first-order chi connectivity index (χ1) is 15.4. The molecule has 0 saturated carbocycles. The molecule has 1 saturated heterocycles. The number of para-hydroxylation sites is 2. The molecular weight excluding hydrogens is 409 g/mol. The number of benzene rings is 2. The second-order valence-corrected chi connectivity index (χ2v) is 8.16. The van der Waals surface area contributed by atoms with E-state index in [1.165, 1.54) is 16.8 Å². The number of rotatable bonds is 4. The molecule has 7 nitrogen and oxygen atoms in total. The molecule has 8 heteroatoms. The van der Waals surface area contributed by atoms with Gasteiger partial charge in [-0.1, -0.05) is 12.1 Å². The summed E-state index contributed by atoms with van der Waals surface area (Å²) in [6.45, 7) is 4.19. The zero-order valence-electron chi connectivity index (χ0n) is 17.8.